The first-order chi connectivity index (χ1) is 14.8. The molecule has 0 aromatic heterocycles. The Kier molecular flexibility index (Phi) is 3.89. The number of fused-ring (bicyclic) bond motifs is 3. The minimum absolute atomic E-state index is 1.25. The van der Waals surface area contributed by atoms with Gasteiger partial charge < -0.3 is 0 Å². The van der Waals surface area contributed by atoms with Crippen LogP contribution in [0.15, 0.2) is 121 Å². The van der Waals surface area contributed by atoms with Gasteiger partial charge in [-0.25, -0.2) is 0 Å². The predicted molar refractivity (Wildman–Crippen MR) is 130 cm³/mol. The molecule has 0 aliphatic heterocycles. The maximum Gasteiger partial charge on any atom is -0.00990 e. The van der Waals surface area contributed by atoms with Crippen molar-refractivity contribution < 1.29 is 0 Å². The molecule has 0 radical (unpaired) electrons. The van der Waals surface area contributed by atoms with E-state index in [0.29, 0.717) is 0 Å². The summed E-state index contributed by atoms with van der Waals surface area (Å²) in [6.45, 7) is 0. The van der Waals surface area contributed by atoms with Crippen molar-refractivity contribution in [2.45, 2.75) is 0 Å². The predicted octanol–water partition coefficient (Wildman–Crippen LogP) is 8.48. The molecule has 0 bridgehead atoms. The third-order valence-electron chi connectivity index (χ3n) is 5.97. The second-order valence-electron chi connectivity index (χ2n) is 7.88. The van der Waals surface area contributed by atoms with E-state index in [4.69, 9.17) is 0 Å². The van der Waals surface area contributed by atoms with Crippen molar-refractivity contribution in [3.8, 4) is 22.3 Å². The zero-order valence-corrected chi connectivity index (χ0v) is 16.5. The molecule has 0 aliphatic rings. The van der Waals surface area contributed by atoms with Crippen molar-refractivity contribution in [2.24, 2.45) is 0 Å². The van der Waals surface area contributed by atoms with Gasteiger partial charge in [0.1, 0.15) is 0 Å². The first-order valence-electron chi connectivity index (χ1n) is 10.4. The van der Waals surface area contributed by atoms with Crippen molar-refractivity contribution in [3.05, 3.63) is 121 Å². The summed E-state index contributed by atoms with van der Waals surface area (Å²) in [6, 6.07) is 43.9. The fraction of sp³-hybridized carbons (Fsp3) is 0. The van der Waals surface area contributed by atoms with Crippen LogP contribution in [0.5, 0.6) is 0 Å². The Morgan fingerprint density at radius 2 is 0.600 bits per heavy atom. The van der Waals surface area contributed by atoms with E-state index in [9.17, 15) is 0 Å². The SMILES string of the molecule is c1ccc(-c2cc3cc4cc5ccccc5cc4cc3cc2-c2ccccc2)cc1. The summed E-state index contributed by atoms with van der Waals surface area (Å²) in [5.74, 6) is 0. The molecule has 6 aromatic carbocycles. The van der Waals surface area contributed by atoms with Crippen LogP contribution in [0.3, 0.4) is 0 Å². The van der Waals surface area contributed by atoms with Crippen molar-refractivity contribution in [1.29, 1.82) is 0 Å². The minimum atomic E-state index is 1.25. The van der Waals surface area contributed by atoms with E-state index in [2.05, 4.69) is 121 Å². The molecule has 0 nitrogen and oxygen atoms in total. The lowest BCUT2D eigenvalue weighted by molar-refractivity contribution is 1.61. The van der Waals surface area contributed by atoms with Crippen LogP contribution >= 0.6 is 0 Å². The summed E-state index contributed by atoms with van der Waals surface area (Å²) in [5, 5.41) is 7.69. The molecule has 0 heteroatoms. The molecule has 140 valence electrons. The third kappa shape index (κ3) is 2.86. The molecule has 0 spiro atoms. The third-order valence-corrected chi connectivity index (χ3v) is 5.97. The number of hydrogen-bond donors (Lipinski definition) is 0. The van der Waals surface area contributed by atoms with E-state index in [1.807, 2.05) is 0 Å². The van der Waals surface area contributed by atoms with Crippen LogP contribution in [0.25, 0.3) is 54.6 Å². The topological polar surface area (TPSA) is 0 Å². The molecule has 0 fully saturated rings. The second kappa shape index (κ2) is 6.86. The molecule has 30 heavy (non-hydrogen) atoms. The molecule has 6 aromatic rings. The summed E-state index contributed by atoms with van der Waals surface area (Å²) >= 11 is 0. The fourth-order valence-electron chi connectivity index (χ4n) is 4.46. The van der Waals surface area contributed by atoms with Gasteiger partial charge in [0, 0.05) is 0 Å². The Morgan fingerprint density at radius 1 is 0.267 bits per heavy atom. The number of hydrogen-bond acceptors (Lipinski definition) is 0. The van der Waals surface area contributed by atoms with E-state index in [0.717, 1.165) is 0 Å². The van der Waals surface area contributed by atoms with Gasteiger partial charge in [0.05, 0.1) is 0 Å². The van der Waals surface area contributed by atoms with Gasteiger partial charge in [-0.15, -0.1) is 0 Å². The summed E-state index contributed by atoms with van der Waals surface area (Å²) in [7, 11) is 0. The highest BCUT2D eigenvalue weighted by Gasteiger charge is 2.10. The van der Waals surface area contributed by atoms with E-state index >= 15 is 0 Å². The molecule has 0 atom stereocenters. The lowest BCUT2D eigenvalue weighted by Crippen LogP contribution is -1.87. The van der Waals surface area contributed by atoms with Gasteiger partial charge in [-0.1, -0.05) is 84.9 Å². The van der Waals surface area contributed by atoms with Crippen LogP contribution in [-0.4, -0.2) is 0 Å². The van der Waals surface area contributed by atoms with Gasteiger partial charge >= 0.3 is 0 Å². The van der Waals surface area contributed by atoms with Crippen molar-refractivity contribution in [2.75, 3.05) is 0 Å². The Balaban J connectivity index is 1.68. The average molecular weight is 380 g/mol. The van der Waals surface area contributed by atoms with Gasteiger partial charge in [0.15, 0.2) is 0 Å². The molecule has 0 saturated heterocycles. The first kappa shape index (κ1) is 17.0. The van der Waals surface area contributed by atoms with Gasteiger partial charge in [-0.3, -0.25) is 0 Å². The van der Waals surface area contributed by atoms with Crippen molar-refractivity contribution in [3.63, 3.8) is 0 Å². The van der Waals surface area contributed by atoms with Crippen molar-refractivity contribution >= 4 is 32.3 Å². The zero-order valence-electron chi connectivity index (χ0n) is 16.5. The lowest BCUT2D eigenvalue weighted by Gasteiger charge is -2.14. The molecule has 0 amide bonds. The van der Waals surface area contributed by atoms with E-state index in [1.54, 1.807) is 0 Å². The van der Waals surface area contributed by atoms with Crippen LogP contribution in [0.2, 0.25) is 0 Å². The minimum Gasteiger partial charge on any atom is -0.0622 e. The Bertz CT molecular complexity index is 1390. The van der Waals surface area contributed by atoms with Crippen LogP contribution < -0.4 is 0 Å². The fourth-order valence-corrected chi connectivity index (χ4v) is 4.46. The Labute approximate surface area is 176 Å². The maximum atomic E-state index is 2.35. The summed E-state index contributed by atoms with van der Waals surface area (Å²) in [5.41, 5.74) is 5.04. The molecule has 6 rings (SSSR count). The summed E-state index contributed by atoms with van der Waals surface area (Å²) < 4.78 is 0. The second-order valence-corrected chi connectivity index (χ2v) is 7.88. The van der Waals surface area contributed by atoms with Gasteiger partial charge in [-0.2, -0.15) is 0 Å². The van der Waals surface area contributed by atoms with E-state index < -0.39 is 0 Å². The van der Waals surface area contributed by atoms with Crippen LogP contribution in [0.4, 0.5) is 0 Å². The van der Waals surface area contributed by atoms with Crippen molar-refractivity contribution in [1.82, 2.24) is 0 Å². The molecule has 0 unspecified atom stereocenters. The molecule has 0 heterocycles. The highest BCUT2D eigenvalue weighted by atomic mass is 14.1. The quantitative estimate of drug-likeness (QED) is 0.264. The number of rotatable bonds is 2. The Hall–Kier alpha value is -3.90. The Morgan fingerprint density at radius 3 is 1.03 bits per heavy atom. The van der Waals surface area contributed by atoms with Crippen LogP contribution in [0, 0.1) is 0 Å². The van der Waals surface area contributed by atoms with Gasteiger partial charge in [0.25, 0.3) is 0 Å². The molecule has 0 saturated carbocycles. The van der Waals surface area contributed by atoms with Crippen LogP contribution in [0.1, 0.15) is 0 Å². The molecular weight excluding hydrogens is 360 g/mol. The highest BCUT2D eigenvalue weighted by molar-refractivity contribution is 6.07. The number of benzene rings is 6. The van der Waals surface area contributed by atoms with Gasteiger partial charge in [-0.05, 0) is 91.0 Å². The maximum absolute atomic E-state index is 2.35. The largest absolute Gasteiger partial charge is 0.0622 e. The van der Waals surface area contributed by atoms with E-state index in [-0.39, 0.29) is 0 Å². The average Bonchev–Trinajstić information content (AvgIpc) is 2.81. The molecular formula is C30H20. The smallest absolute Gasteiger partial charge is 0.00990 e. The molecule has 0 N–H and O–H groups in total. The summed E-state index contributed by atoms with van der Waals surface area (Å²) in [6.07, 6.45) is 0. The van der Waals surface area contributed by atoms with Gasteiger partial charge in [0.2, 0.25) is 0 Å². The standard InChI is InChI=1S/C30H20/c1-3-9-21(10-4-1)29-19-27-17-25-15-23-13-7-8-14-24(23)16-26(25)18-28(27)20-30(29)22-11-5-2-6-12-22/h1-20H. The monoisotopic (exact) mass is 380 g/mol. The zero-order chi connectivity index (χ0) is 19.9. The van der Waals surface area contributed by atoms with E-state index in [1.165, 1.54) is 54.6 Å². The molecule has 0 aliphatic carbocycles. The summed E-state index contributed by atoms with van der Waals surface area (Å²) in [4.78, 5) is 0. The first-order valence-corrected chi connectivity index (χ1v) is 10.4. The van der Waals surface area contributed by atoms with Crippen LogP contribution in [-0.2, 0) is 0 Å². The highest BCUT2D eigenvalue weighted by Crippen LogP contribution is 2.37. The lowest BCUT2D eigenvalue weighted by atomic mass is 9.90. The normalized spacial score (nSPS) is 11.3.